The van der Waals surface area contributed by atoms with E-state index in [1.165, 1.54) is 0 Å². The quantitative estimate of drug-likeness (QED) is 0.719. The van der Waals surface area contributed by atoms with Gasteiger partial charge in [-0.2, -0.15) is 0 Å². The highest BCUT2D eigenvalue weighted by Crippen LogP contribution is 2.04. The summed E-state index contributed by atoms with van der Waals surface area (Å²) in [5, 5.41) is 2.71. The van der Waals surface area contributed by atoms with Crippen LogP contribution < -0.4 is 10.1 Å². The first-order chi connectivity index (χ1) is 8.26. The molecule has 0 bridgehead atoms. The standard InChI is InChI=1S/C12H17N3O2/c1-3-7-13-11(16)6-5-10-8-14-12(15-9-10)17-4-2/h3,8-9H,1,4-7H2,2H3,(H,13,16). The number of aryl methyl sites for hydroxylation is 1. The van der Waals surface area contributed by atoms with Crippen LogP contribution in [0.4, 0.5) is 0 Å². The lowest BCUT2D eigenvalue weighted by atomic mass is 10.2. The number of hydrogen-bond donors (Lipinski definition) is 1. The van der Waals surface area contributed by atoms with E-state index in [9.17, 15) is 4.79 Å². The Balaban J connectivity index is 2.36. The Hall–Kier alpha value is -1.91. The number of nitrogens with one attached hydrogen (secondary N) is 1. The van der Waals surface area contributed by atoms with Gasteiger partial charge in [0.05, 0.1) is 6.61 Å². The van der Waals surface area contributed by atoms with E-state index >= 15 is 0 Å². The van der Waals surface area contributed by atoms with E-state index in [0.717, 1.165) is 5.56 Å². The SMILES string of the molecule is C=CCNC(=O)CCc1cnc(OCC)nc1. The van der Waals surface area contributed by atoms with Crippen LogP contribution in [0.25, 0.3) is 0 Å². The van der Waals surface area contributed by atoms with Crippen molar-refractivity contribution in [3.8, 4) is 6.01 Å². The number of nitrogens with zero attached hydrogens (tertiary/aromatic N) is 2. The highest BCUT2D eigenvalue weighted by Gasteiger charge is 2.02. The molecular weight excluding hydrogens is 218 g/mol. The summed E-state index contributed by atoms with van der Waals surface area (Å²) >= 11 is 0. The van der Waals surface area contributed by atoms with Crippen LogP contribution in [0.15, 0.2) is 25.0 Å². The molecule has 0 aliphatic carbocycles. The van der Waals surface area contributed by atoms with Gasteiger partial charge in [0.2, 0.25) is 5.91 Å². The maximum atomic E-state index is 11.3. The largest absolute Gasteiger partial charge is 0.464 e. The van der Waals surface area contributed by atoms with Crippen LogP contribution in [0.5, 0.6) is 6.01 Å². The third kappa shape index (κ3) is 5.10. The van der Waals surface area contributed by atoms with Gasteiger partial charge >= 0.3 is 6.01 Å². The first-order valence-electron chi connectivity index (χ1n) is 5.57. The number of rotatable bonds is 7. The van der Waals surface area contributed by atoms with Crippen molar-refractivity contribution in [3.05, 3.63) is 30.6 Å². The van der Waals surface area contributed by atoms with Crippen molar-refractivity contribution < 1.29 is 9.53 Å². The van der Waals surface area contributed by atoms with Gasteiger partial charge in [-0.1, -0.05) is 6.08 Å². The fraction of sp³-hybridized carbons (Fsp3) is 0.417. The topological polar surface area (TPSA) is 64.1 Å². The molecule has 1 heterocycles. The first kappa shape index (κ1) is 13.2. The maximum Gasteiger partial charge on any atom is 0.316 e. The molecule has 92 valence electrons. The smallest absolute Gasteiger partial charge is 0.316 e. The third-order valence-corrected chi connectivity index (χ3v) is 2.04. The fourth-order valence-electron chi connectivity index (χ4n) is 1.21. The van der Waals surface area contributed by atoms with Gasteiger partial charge in [0.15, 0.2) is 0 Å². The van der Waals surface area contributed by atoms with Gasteiger partial charge in [0.1, 0.15) is 0 Å². The summed E-state index contributed by atoms with van der Waals surface area (Å²) in [5.74, 6) is -0.00113. The zero-order valence-corrected chi connectivity index (χ0v) is 9.98. The zero-order valence-electron chi connectivity index (χ0n) is 9.98. The van der Waals surface area contributed by atoms with Crippen LogP contribution in [-0.2, 0) is 11.2 Å². The van der Waals surface area contributed by atoms with E-state index in [0.29, 0.717) is 32.0 Å². The van der Waals surface area contributed by atoms with E-state index in [-0.39, 0.29) is 5.91 Å². The van der Waals surface area contributed by atoms with Crippen molar-refractivity contribution in [1.29, 1.82) is 0 Å². The molecule has 0 aromatic carbocycles. The second-order valence-electron chi connectivity index (χ2n) is 3.40. The minimum atomic E-state index is -0.00113. The molecule has 5 heteroatoms. The highest BCUT2D eigenvalue weighted by molar-refractivity contribution is 5.76. The maximum absolute atomic E-state index is 11.3. The van der Waals surface area contributed by atoms with Gasteiger partial charge in [-0.25, -0.2) is 9.97 Å². The Morgan fingerprint density at radius 2 is 2.24 bits per heavy atom. The van der Waals surface area contributed by atoms with E-state index in [1.54, 1.807) is 18.5 Å². The lowest BCUT2D eigenvalue weighted by Gasteiger charge is -2.03. The van der Waals surface area contributed by atoms with Crippen LogP contribution in [0, 0.1) is 0 Å². The van der Waals surface area contributed by atoms with E-state index in [1.807, 2.05) is 6.92 Å². The average molecular weight is 235 g/mol. The van der Waals surface area contributed by atoms with E-state index in [4.69, 9.17) is 4.74 Å². The van der Waals surface area contributed by atoms with Gasteiger partial charge in [-0.05, 0) is 18.9 Å². The zero-order chi connectivity index (χ0) is 12.5. The Labute approximate surface area is 101 Å². The molecule has 0 saturated heterocycles. The van der Waals surface area contributed by atoms with Crippen LogP contribution >= 0.6 is 0 Å². The predicted molar refractivity (Wildman–Crippen MR) is 64.7 cm³/mol. The molecule has 0 saturated carbocycles. The normalized spacial score (nSPS) is 9.71. The summed E-state index contributed by atoms with van der Waals surface area (Å²) in [5.41, 5.74) is 0.919. The molecule has 5 nitrogen and oxygen atoms in total. The van der Waals surface area contributed by atoms with E-state index in [2.05, 4.69) is 21.9 Å². The third-order valence-electron chi connectivity index (χ3n) is 2.04. The minimum Gasteiger partial charge on any atom is -0.464 e. The number of carbonyl (C=O) groups excluding carboxylic acids is 1. The van der Waals surface area contributed by atoms with Crippen LogP contribution in [-0.4, -0.2) is 29.0 Å². The molecule has 0 fully saturated rings. The Kier molecular flexibility index (Phi) is 5.71. The molecule has 0 radical (unpaired) electrons. The summed E-state index contributed by atoms with van der Waals surface area (Å²) in [6.07, 6.45) is 6.05. The van der Waals surface area contributed by atoms with Crippen molar-refractivity contribution in [2.75, 3.05) is 13.2 Å². The van der Waals surface area contributed by atoms with Crippen LogP contribution in [0.3, 0.4) is 0 Å². The Morgan fingerprint density at radius 1 is 1.53 bits per heavy atom. The first-order valence-corrected chi connectivity index (χ1v) is 5.57. The van der Waals surface area contributed by atoms with Crippen LogP contribution in [0.2, 0.25) is 0 Å². The number of aromatic nitrogens is 2. The monoisotopic (exact) mass is 235 g/mol. The molecule has 1 aromatic rings. The minimum absolute atomic E-state index is 0.00113. The van der Waals surface area contributed by atoms with Gasteiger partial charge < -0.3 is 10.1 Å². The number of ether oxygens (including phenoxy) is 1. The van der Waals surface area contributed by atoms with Crippen molar-refractivity contribution >= 4 is 5.91 Å². The lowest BCUT2D eigenvalue weighted by molar-refractivity contribution is -0.120. The molecule has 0 atom stereocenters. The fourth-order valence-corrected chi connectivity index (χ4v) is 1.21. The summed E-state index contributed by atoms with van der Waals surface area (Å²) in [6.45, 7) is 6.45. The molecule has 17 heavy (non-hydrogen) atoms. The summed E-state index contributed by atoms with van der Waals surface area (Å²) in [4.78, 5) is 19.4. The van der Waals surface area contributed by atoms with Crippen molar-refractivity contribution in [1.82, 2.24) is 15.3 Å². The van der Waals surface area contributed by atoms with Crippen molar-refractivity contribution in [2.45, 2.75) is 19.8 Å². The lowest BCUT2D eigenvalue weighted by Crippen LogP contribution is -2.23. The van der Waals surface area contributed by atoms with E-state index < -0.39 is 0 Å². The Morgan fingerprint density at radius 3 is 2.82 bits per heavy atom. The molecule has 0 unspecified atom stereocenters. The molecule has 1 N–H and O–H groups in total. The van der Waals surface area contributed by atoms with Crippen molar-refractivity contribution in [3.63, 3.8) is 0 Å². The van der Waals surface area contributed by atoms with Gasteiger partial charge in [-0.3, -0.25) is 4.79 Å². The molecule has 0 aliphatic rings. The highest BCUT2D eigenvalue weighted by atomic mass is 16.5. The predicted octanol–water partition coefficient (Wildman–Crippen LogP) is 1.11. The summed E-state index contributed by atoms with van der Waals surface area (Å²) in [6, 6.07) is 0.368. The summed E-state index contributed by atoms with van der Waals surface area (Å²) < 4.78 is 5.13. The molecule has 1 aromatic heterocycles. The molecule has 0 aliphatic heterocycles. The second kappa shape index (κ2) is 7.38. The molecule has 1 amide bonds. The van der Waals surface area contributed by atoms with Gasteiger partial charge in [0, 0.05) is 25.4 Å². The molecular formula is C12H17N3O2. The number of amides is 1. The Bertz CT molecular complexity index is 363. The molecule has 1 rings (SSSR count). The molecule has 0 spiro atoms. The van der Waals surface area contributed by atoms with Crippen LogP contribution in [0.1, 0.15) is 18.9 Å². The van der Waals surface area contributed by atoms with Gasteiger partial charge in [-0.15, -0.1) is 6.58 Å². The second-order valence-corrected chi connectivity index (χ2v) is 3.40. The number of hydrogen-bond acceptors (Lipinski definition) is 4. The summed E-state index contributed by atoms with van der Waals surface area (Å²) in [7, 11) is 0. The number of carbonyl (C=O) groups is 1. The van der Waals surface area contributed by atoms with Gasteiger partial charge in [0.25, 0.3) is 0 Å². The van der Waals surface area contributed by atoms with Crippen molar-refractivity contribution in [2.24, 2.45) is 0 Å². The average Bonchev–Trinajstić information content (AvgIpc) is 2.36.